The van der Waals surface area contributed by atoms with E-state index in [0.717, 1.165) is 10.8 Å². The van der Waals surface area contributed by atoms with Crippen LogP contribution < -0.4 is 4.90 Å². The van der Waals surface area contributed by atoms with Crippen molar-refractivity contribution in [3.05, 3.63) is 55.1 Å². The van der Waals surface area contributed by atoms with Gasteiger partial charge < -0.3 is 20.0 Å². The van der Waals surface area contributed by atoms with Gasteiger partial charge in [-0.1, -0.05) is 43.3 Å². The quantitative estimate of drug-likeness (QED) is 0.547. The first-order valence-corrected chi connectivity index (χ1v) is 13.0. The number of benzene rings is 2. The minimum Gasteiger partial charge on any atom is -0.481 e. The number of aliphatic carboxylic acids is 1. The zero-order valence-corrected chi connectivity index (χ0v) is 20.5. The lowest BCUT2D eigenvalue weighted by Crippen LogP contribution is -2.57. The Hall–Kier alpha value is -2.84. The fraction of sp³-hybridized carbons (Fsp3) is 0.444. The van der Waals surface area contributed by atoms with E-state index in [-0.39, 0.29) is 42.7 Å². The van der Waals surface area contributed by atoms with Gasteiger partial charge in [0, 0.05) is 30.6 Å². The molecule has 2 amide bonds. The van der Waals surface area contributed by atoms with E-state index in [2.05, 4.69) is 6.58 Å². The van der Waals surface area contributed by atoms with Crippen LogP contribution in [0.5, 0.6) is 0 Å². The average Bonchev–Trinajstić information content (AvgIpc) is 3.44. The molecule has 8 heteroatoms. The molecule has 3 saturated heterocycles. The van der Waals surface area contributed by atoms with Gasteiger partial charge in [-0.2, -0.15) is 0 Å². The molecule has 2 aromatic carbocycles. The smallest absolute Gasteiger partial charge is 0.308 e. The zero-order valence-electron chi connectivity index (χ0n) is 19.7. The summed E-state index contributed by atoms with van der Waals surface area (Å²) in [7, 11) is 0. The molecule has 184 valence electrons. The van der Waals surface area contributed by atoms with Gasteiger partial charge in [0.2, 0.25) is 5.91 Å². The van der Waals surface area contributed by atoms with Gasteiger partial charge in [-0.3, -0.25) is 14.4 Å². The number of carboxylic acid groups (broad SMARTS) is 1. The van der Waals surface area contributed by atoms with Gasteiger partial charge in [0.1, 0.15) is 6.04 Å². The summed E-state index contributed by atoms with van der Waals surface area (Å²) >= 11 is 1.53. The van der Waals surface area contributed by atoms with Crippen molar-refractivity contribution in [2.24, 2.45) is 17.8 Å². The van der Waals surface area contributed by atoms with Gasteiger partial charge in [-0.25, -0.2) is 0 Å². The number of anilines is 1. The summed E-state index contributed by atoms with van der Waals surface area (Å²) in [5.74, 6) is -3.00. The Morgan fingerprint density at radius 3 is 2.69 bits per heavy atom. The van der Waals surface area contributed by atoms with Crippen LogP contribution in [0.3, 0.4) is 0 Å². The summed E-state index contributed by atoms with van der Waals surface area (Å²) in [4.78, 5) is 43.6. The van der Waals surface area contributed by atoms with E-state index < -0.39 is 28.6 Å². The first-order chi connectivity index (χ1) is 16.8. The Morgan fingerprint density at radius 1 is 1.26 bits per heavy atom. The summed E-state index contributed by atoms with van der Waals surface area (Å²) in [5, 5.41) is 21.4. The van der Waals surface area contributed by atoms with Crippen molar-refractivity contribution in [1.82, 2.24) is 4.90 Å². The molecule has 2 bridgehead atoms. The number of aliphatic hydroxyl groups is 1. The number of rotatable bonds is 8. The zero-order chi connectivity index (χ0) is 24.9. The molecule has 35 heavy (non-hydrogen) atoms. The highest BCUT2D eigenvalue weighted by Crippen LogP contribution is 2.68. The lowest BCUT2D eigenvalue weighted by molar-refractivity contribution is -0.149. The van der Waals surface area contributed by atoms with E-state index in [1.807, 2.05) is 49.4 Å². The van der Waals surface area contributed by atoms with Crippen molar-refractivity contribution in [2.75, 3.05) is 24.6 Å². The number of thioether (sulfide) groups is 1. The molecule has 1 spiro atoms. The third-order valence-corrected chi connectivity index (χ3v) is 10.0. The van der Waals surface area contributed by atoms with E-state index in [0.29, 0.717) is 18.5 Å². The molecule has 6 atom stereocenters. The molecular formula is C27H30N2O5S. The standard InChI is InChI=1S/C27H30N2O5S/c1-3-11-28(19-10-9-17-7-4-5-8-18(17)15-19)25(32)23-27-16(2)14-20(35-27)21(26(33)34)22(27)24(31)29(23)12-6-13-30/h3-5,7-10,15-16,20-23,30H,1,6,11-14H2,2H3,(H,33,34)/t16?,20-,21+,22-,23?,27?/m0/s1. The molecule has 0 saturated carbocycles. The maximum atomic E-state index is 14.4. The molecular weight excluding hydrogens is 464 g/mol. The van der Waals surface area contributed by atoms with Gasteiger partial charge in [0.05, 0.1) is 16.6 Å². The number of carbonyl (C=O) groups is 3. The van der Waals surface area contributed by atoms with Crippen molar-refractivity contribution in [1.29, 1.82) is 0 Å². The Morgan fingerprint density at radius 2 is 2.00 bits per heavy atom. The third kappa shape index (κ3) is 3.49. The normalized spacial score (nSPS) is 31.1. The fourth-order valence-electron chi connectivity index (χ4n) is 6.51. The number of amides is 2. The topological polar surface area (TPSA) is 98.2 Å². The number of hydrogen-bond donors (Lipinski definition) is 2. The van der Waals surface area contributed by atoms with Gasteiger partial charge in [-0.15, -0.1) is 18.3 Å². The van der Waals surface area contributed by atoms with Crippen LogP contribution in [0.1, 0.15) is 19.8 Å². The molecule has 0 aliphatic carbocycles. The Kier molecular flexibility index (Phi) is 6.13. The number of aliphatic hydroxyl groups excluding tert-OH is 1. The number of carboxylic acids is 1. The van der Waals surface area contributed by atoms with E-state index in [1.165, 1.54) is 11.8 Å². The van der Waals surface area contributed by atoms with E-state index in [4.69, 9.17) is 0 Å². The number of nitrogens with zero attached hydrogens (tertiary/aromatic N) is 2. The third-order valence-electron chi connectivity index (χ3n) is 7.94. The van der Waals surface area contributed by atoms with Gasteiger partial charge >= 0.3 is 5.97 Å². The second kappa shape index (κ2) is 8.99. The highest BCUT2D eigenvalue weighted by Gasteiger charge is 2.76. The predicted octanol–water partition coefficient (Wildman–Crippen LogP) is 3.16. The van der Waals surface area contributed by atoms with Crippen molar-refractivity contribution < 1.29 is 24.6 Å². The molecule has 0 aromatic heterocycles. The molecule has 2 aromatic rings. The molecule has 3 fully saturated rings. The SMILES string of the molecule is C=CCN(C(=O)C1N(CCCO)C(=O)[C@@H]2[C@H](C(=O)O)[C@@H]3CC(C)C12S3)c1ccc2ccccc2c1. The highest BCUT2D eigenvalue weighted by atomic mass is 32.2. The van der Waals surface area contributed by atoms with Gasteiger partial charge in [0.15, 0.2) is 0 Å². The average molecular weight is 495 g/mol. The second-order valence-electron chi connectivity index (χ2n) is 9.77. The summed E-state index contributed by atoms with van der Waals surface area (Å²) in [6.45, 7) is 6.26. The molecule has 3 aliphatic rings. The van der Waals surface area contributed by atoms with Crippen LogP contribution in [-0.2, 0) is 14.4 Å². The Labute approximate surface area is 208 Å². The maximum Gasteiger partial charge on any atom is 0.308 e. The fourth-order valence-corrected chi connectivity index (χ4v) is 8.92. The molecule has 2 N–H and O–H groups in total. The minimum absolute atomic E-state index is 0.0114. The minimum atomic E-state index is -0.970. The van der Waals surface area contributed by atoms with Gasteiger partial charge in [0.25, 0.3) is 5.91 Å². The maximum absolute atomic E-state index is 14.4. The summed E-state index contributed by atoms with van der Waals surface area (Å²) < 4.78 is -0.798. The van der Waals surface area contributed by atoms with Crippen LogP contribution >= 0.6 is 11.8 Å². The molecule has 3 unspecified atom stereocenters. The number of hydrogen-bond acceptors (Lipinski definition) is 5. The van der Waals surface area contributed by atoms with Crippen molar-refractivity contribution in [3.8, 4) is 0 Å². The highest BCUT2D eigenvalue weighted by molar-refractivity contribution is 8.02. The van der Waals surface area contributed by atoms with Crippen LogP contribution in [0.15, 0.2) is 55.1 Å². The Bertz CT molecular complexity index is 1200. The molecule has 0 radical (unpaired) electrons. The largest absolute Gasteiger partial charge is 0.481 e. The number of likely N-dealkylation sites (tertiary alicyclic amines) is 1. The molecule has 5 rings (SSSR count). The van der Waals surface area contributed by atoms with E-state index in [1.54, 1.807) is 15.9 Å². The second-order valence-corrected chi connectivity index (χ2v) is 11.3. The lowest BCUT2D eigenvalue weighted by Gasteiger charge is -2.40. The van der Waals surface area contributed by atoms with Crippen molar-refractivity contribution in [3.63, 3.8) is 0 Å². The first kappa shape index (κ1) is 23.9. The van der Waals surface area contributed by atoms with Crippen LogP contribution in [0, 0.1) is 17.8 Å². The molecule has 7 nitrogen and oxygen atoms in total. The van der Waals surface area contributed by atoms with Crippen molar-refractivity contribution in [2.45, 2.75) is 35.8 Å². The summed E-state index contributed by atoms with van der Waals surface area (Å²) in [6, 6.07) is 12.9. The van der Waals surface area contributed by atoms with Crippen LogP contribution in [-0.4, -0.2) is 68.6 Å². The Balaban J connectivity index is 1.60. The molecule has 3 heterocycles. The predicted molar refractivity (Wildman–Crippen MR) is 136 cm³/mol. The van der Waals surface area contributed by atoms with E-state index in [9.17, 15) is 24.6 Å². The van der Waals surface area contributed by atoms with Gasteiger partial charge in [-0.05, 0) is 41.7 Å². The molecule has 3 aliphatic heterocycles. The van der Waals surface area contributed by atoms with Crippen LogP contribution in [0.2, 0.25) is 0 Å². The van der Waals surface area contributed by atoms with Crippen molar-refractivity contribution >= 4 is 46.0 Å². The number of carbonyl (C=O) groups excluding carboxylic acids is 2. The first-order valence-electron chi connectivity index (χ1n) is 12.1. The summed E-state index contributed by atoms with van der Waals surface area (Å²) in [5.41, 5.74) is 0.711. The van der Waals surface area contributed by atoms with Crippen LogP contribution in [0.4, 0.5) is 5.69 Å². The van der Waals surface area contributed by atoms with E-state index >= 15 is 0 Å². The number of fused-ring (bicyclic) bond motifs is 2. The monoisotopic (exact) mass is 494 g/mol. The lowest BCUT2D eigenvalue weighted by atomic mass is 9.66. The summed E-state index contributed by atoms with van der Waals surface area (Å²) in [6.07, 6.45) is 2.66. The van der Waals surface area contributed by atoms with Crippen LogP contribution in [0.25, 0.3) is 10.8 Å².